The van der Waals surface area contributed by atoms with E-state index in [9.17, 15) is 10.1 Å². The van der Waals surface area contributed by atoms with E-state index in [-0.39, 0.29) is 17.5 Å². The van der Waals surface area contributed by atoms with Crippen molar-refractivity contribution in [1.29, 1.82) is 5.26 Å². The molecule has 9 heteroatoms. The van der Waals surface area contributed by atoms with Crippen molar-refractivity contribution in [3.05, 3.63) is 40.2 Å². The molecule has 1 amide bonds. The highest BCUT2D eigenvalue weighted by Crippen LogP contribution is 2.29. The number of anilines is 1. The molecule has 3 aromatic heterocycles. The number of aromatic nitrogens is 2. The Kier molecular flexibility index (Phi) is 4.64. The Morgan fingerprint density at radius 3 is 2.81 bits per heavy atom. The van der Waals surface area contributed by atoms with Crippen molar-refractivity contribution >= 4 is 23.1 Å². The number of nitrogens with zero attached hydrogens (tertiary/aromatic N) is 5. The smallest absolute Gasteiger partial charge is 0.266 e. The number of furan rings is 1. The second-order valence-electron chi connectivity index (χ2n) is 6.01. The molecule has 1 fully saturated rings. The number of rotatable bonds is 4. The fraction of sp³-hybridized carbons (Fsp3) is 0.333. The molecule has 1 aliphatic heterocycles. The Hall–Kier alpha value is -3.12. The van der Waals surface area contributed by atoms with E-state index in [4.69, 9.17) is 8.83 Å². The van der Waals surface area contributed by atoms with Gasteiger partial charge in [-0.2, -0.15) is 10.2 Å². The summed E-state index contributed by atoms with van der Waals surface area (Å²) in [5, 5.41) is 10.3. The molecule has 138 valence electrons. The van der Waals surface area contributed by atoms with E-state index >= 15 is 0 Å². The van der Waals surface area contributed by atoms with Gasteiger partial charge in [0, 0.05) is 26.2 Å². The number of nitriles is 1. The maximum absolute atomic E-state index is 12.6. The minimum Gasteiger partial charge on any atom is -0.459 e. The van der Waals surface area contributed by atoms with Crippen LogP contribution in [0.1, 0.15) is 27.3 Å². The SMILES string of the molecule is CCc1ncc(C(=O)N2CCN(c3oc(-c4ccco4)nc3C#N)CC2)s1. The lowest BCUT2D eigenvalue weighted by molar-refractivity contribution is 0.0750. The van der Waals surface area contributed by atoms with Crippen molar-refractivity contribution in [3.63, 3.8) is 0 Å². The Labute approximate surface area is 159 Å². The summed E-state index contributed by atoms with van der Waals surface area (Å²) in [6, 6.07) is 5.53. The molecule has 3 aromatic rings. The van der Waals surface area contributed by atoms with Gasteiger partial charge in [0.05, 0.1) is 17.5 Å². The Bertz CT molecular complexity index is 977. The minimum absolute atomic E-state index is 0.00111. The van der Waals surface area contributed by atoms with Gasteiger partial charge in [0.2, 0.25) is 11.6 Å². The molecule has 8 nitrogen and oxygen atoms in total. The molecule has 27 heavy (non-hydrogen) atoms. The van der Waals surface area contributed by atoms with Crippen LogP contribution in [0, 0.1) is 11.3 Å². The zero-order chi connectivity index (χ0) is 18.8. The van der Waals surface area contributed by atoms with E-state index in [2.05, 4.69) is 16.0 Å². The van der Waals surface area contributed by atoms with Gasteiger partial charge < -0.3 is 18.6 Å². The highest BCUT2D eigenvalue weighted by molar-refractivity contribution is 7.13. The van der Waals surface area contributed by atoms with Crippen LogP contribution in [0.2, 0.25) is 0 Å². The van der Waals surface area contributed by atoms with Crippen LogP contribution >= 0.6 is 11.3 Å². The molecule has 0 spiro atoms. The topological polar surface area (TPSA) is 99.4 Å². The molecular formula is C18H17N5O3S. The molecule has 0 atom stereocenters. The molecule has 0 aromatic carbocycles. The van der Waals surface area contributed by atoms with Crippen molar-refractivity contribution in [2.75, 3.05) is 31.1 Å². The molecule has 0 N–H and O–H groups in total. The van der Waals surface area contributed by atoms with E-state index in [1.54, 1.807) is 23.2 Å². The van der Waals surface area contributed by atoms with Crippen molar-refractivity contribution in [2.24, 2.45) is 0 Å². The first-order valence-electron chi connectivity index (χ1n) is 8.63. The Morgan fingerprint density at radius 2 is 2.19 bits per heavy atom. The lowest BCUT2D eigenvalue weighted by atomic mass is 10.3. The zero-order valence-corrected chi connectivity index (χ0v) is 15.5. The van der Waals surface area contributed by atoms with Gasteiger partial charge >= 0.3 is 0 Å². The van der Waals surface area contributed by atoms with Crippen LogP contribution < -0.4 is 4.90 Å². The molecular weight excluding hydrogens is 366 g/mol. The van der Waals surface area contributed by atoms with Gasteiger partial charge in [-0.3, -0.25) is 4.79 Å². The highest BCUT2D eigenvalue weighted by Gasteiger charge is 2.28. The first-order valence-corrected chi connectivity index (χ1v) is 9.45. The highest BCUT2D eigenvalue weighted by atomic mass is 32.1. The van der Waals surface area contributed by atoms with Crippen LogP contribution in [0.4, 0.5) is 5.88 Å². The van der Waals surface area contributed by atoms with Crippen LogP contribution in [0.15, 0.2) is 33.4 Å². The monoisotopic (exact) mass is 383 g/mol. The summed E-state index contributed by atoms with van der Waals surface area (Å²) in [6.45, 7) is 4.23. The van der Waals surface area contributed by atoms with Crippen LogP contribution in [0.3, 0.4) is 0 Å². The Balaban J connectivity index is 1.46. The molecule has 4 rings (SSSR count). The number of thiazole rings is 1. The zero-order valence-electron chi connectivity index (χ0n) is 14.7. The Morgan fingerprint density at radius 1 is 1.37 bits per heavy atom. The molecule has 0 unspecified atom stereocenters. The summed E-state index contributed by atoms with van der Waals surface area (Å²) < 4.78 is 11.1. The van der Waals surface area contributed by atoms with Crippen LogP contribution in [-0.4, -0.2) is 47.0 Å². The van der Waals surface area contributed by atoms with E-state index in [0.717, 1.165) is 11.4 Å². The quantitative estimate of drug-likeness (QED) is 0.683. The summed E-state index contributed by atoms with van der Waals surface area (Å²) in [4.78, 5) is 25.5. The number of piperazine rings is 1. The van der Waals surface area contributed by atoms with E-state index < -0.39 is 0 Å². The maximum atomic E-state index is 12.6. The standard InChI is InChI=1S/C18H17N5O3S/c1-2-15-20-11-14(27-15)17(24)22-5-7-23(8-6-22)18-12(10-19)21-16(26-18)13-4-3-9-25-13/h3-4,9,11H,2,5-8H2,1H3. The second kappa shape index (κ2) is 7.25. The first-order chi connectivity index (χ1) is 13.2. The predicted octanol–water partition coefficient (Wildman–Crippen LogP) is 2.79. The van der Waals surface area contributed by atoms with Crippen molar-refractivity contribution in [1.82, 2.24) is 14.9 Å². The van der Waals surface area contributed by atoms with E-state index in [0.29, 0.717) is 42.7 Å². The summed E-state index contributed by atoms with van der Waals surface area (Å²) in [6.07, 6.45) is 4.00. The molecule has 1 aliphatic rings. The molecule has 0 bridgehead atoms. The first kappa shape index (κ1) is 17.3. The number of hydrogen-bond acceptors (Lipinski definition) is 8. The summed E-state index contributed by atoms with van der Waals surface area (Å²) in [5.74, 6) is 1.17. The van der Waals surface area contributed by atoms with E-state index in [1.807, 2.05) is 11.8 Å². The number of aryl methyl sites for hydroxylation is 1. The lowest BCUT2D eigenvalue weighted by Crippen LogP contribution is -2.48. The summed E-state index contributed by atoms with van der Waals surface area (Å²) in [5.41, 5.74) is 0.219. The second-order valence-corrected chi connectivity index (χ2v) is 7.13. The third kappa shape index (κ3) is 3.31. The number of carbonyl (C=O) groups is 1. The van der Waals surface area contributed by atoms with Gasteiger partial charge in [0.1, 0.15) is 10.9 Å². The van der Waals surface area contributed by atoms with E-state index in [1.165, 1.54) is 17.6 Å². The molecule has 0 saturated carbocycles. The third-order valence-electron chi connectivity index (χ3n) is 4.37. The minimum atomic E-state index is 0.00111. The van der Waals surface area contributed by atoms with Crippen molar-refractivity contribution < 1.29 is 13.6 Å². The average Bonchev–Trinajstić information content (AvgIpc) is 3.47. The van der Waals surface area contributed by atoms with Crippen LogP contribution in [0.5, 0.6) is 0 Å². The van der Waals surface area contributed by atoms with Crippen LogP contribution in [0.25, 0.3) is 11.7 Å². The molecule has 4 heterocycles. The average molecular weight is 383 g/mol. The number of oxazole rings is 1. The summed E-state index contributed by atoms with van der Waals surface area (Å²) in [7, 11) is 0. The largest absolute Gasteiger partial charge is 0.459 e. The number of carbonyl (C=O) groups excluding carboxylic acids is 1. The normalized spacial score (nSPS) is 14.4. The van der Waals surface area contributed by atoms with Gasteiger partial charge in [-0.1, -0.05) is 6.92 Å². The fourth-order valence-electron chi connectivity index (χ4n) is 2.95. The van der Waals surface area contributed by atoms with Crippen LogP contribution in [-0.2, 0) is 6.42 Å². The van der Waals surface area contributed by atoms with Crippen molar-refractivity contribution in [3.8, 4) is 17.7 Å². The number of amides is 1. The summed E-state index contributed by atoms with van der Waals surface area (Å²) >= 11 is 1.44. The van der Waals surface area contributed by atoms with Gasteiger partial charge in [0.25, 0.3) is 11.8 Å². The van der Waals surface area contributed by atoms with Gasteiger partial charge in [0.15, 0.2) is 5.76 Å². The van der Waals surface area contributed by atoms with Gasteiger partial charge in [-0.25, -0.2) is 4.98 Å². The molecule has 1 saturated heterocycles. The predicted molar refractivity (Wildman–Crippen MR) is 98.5 cm³/mol. The lowest BCUT2D eigenvalue weighted by Gasteiger charge is -2.34. The third-order valence-corrected chi connectivity index (χ3v) is 5.50. The fourth-order valence-corrected chi connectivity index (χ4v) is 3.77. The number of hydrogen-bond donors (Lipinski definition) is 0. The maximum Gasteiger partial charge on any atom is 0.266 e. The van der Waals surface area contributed by atoms with Gasteiger partial charge in [-0.15, -0.1) is 11.3 Å². The molecule has 0 radical (unpaired) electrons. The van der Waals surface area contributed by atoms with Crippen molar-refractivity contribution in [2.45, 2.75) is 13.3 Å². The molecule has 0 aliphatic carbocycles. The van der Waals surface area contributed by atoms with Gasteiger partial charge in [-0.05, 0) is 18.6 Å².